The predicted octanol–water partition coefficient (Wildman–Crippen LogP) is 5.55. The summed E-state index contributed by atoms with van der Waals surface area (Å²) >= 11 is 7.41. The van der Waals surface area contributed by atoms with Crippen molar-refractivity contribution in [3.63, 3.8) is 0 Å². The fourth-order valence-electron chi connectivity index (χ4n) is 3.93. The highest BCUT2D eigenvalue weighted by atomic mass is 35.5. The normalized spacial score (nSPS) is 14.9. The summed E-state index contributed by atoms with van der Waals surface area (Å²) in [5.41, 5.74) is 3.19. The van der Waals surface area contributed by atoms with E-state index in [1.807, 2.05) is 82.7 Å². The molecule has 0 radical (unpaired) electrons. The minimum Gasteiger partial charge on any atom is -0.510 e. The molecule has 5 rings (SSSR count). The lowest BCUT2D eigenvalue weighted by atomic mass is 10.0. The fourth-order valence-corrected chi connectivity index (χ4v) is 4.95. The maximum Gasteiger partial charge on any atom is 0.135 e. The lowest BCUT2D eigenvalue weighted by molar-refractivity contribution is 0.312. The summed E-state index contributed by atoms with van der Waals surface area (Å²) in [5, 5.41) is 23.0. The minimum absolute atomic E-state index is 0.141. The van der Waals surface area contributed by atoms with E-state index in [-0.39, 0.29) is 24.2 Å². The topological polar surface area (TPSA) is 78.0 Å². The van der Waals surface area contributed by atoms with E-state index in [9.17, 15) is 5.11 Å². The molecule has 3 heterocycles. The van der Waals surface area contributed by atoms with Crippen LogP contribution in [0.1, 0.15) is 22.4 Å². The van der Waals surface area contributed by atoms with Crippen molar-refractivity contribution >= 4 is 34.3 Å². The number of aliphatic hydroxyl groups is 1. The molecule has 2 N–H and O–H groups in total. The van der Waals surface area contributed by atoms with E-state index in [4.69, 9.17) is 22.0 Å². The summed E-state index contributed by atoms with van der Waals surface area (Å²) < 4.78 is 1.95. The zero-order chi connectivity index (χ0) is 22.2. The molecule has 6 nitrogen and oxygen atoms in total. The van der Waals surface area contributed by atoms with Crippen LogP contribution < -0.4 is 0 Å². The Labute approximate surface area is 194 Å². The van der Waals surface area contributed by atoms with Gasteiger partial charge in [-0.3, -0.25) is 5.41 Å². The molecule has 1 aliphatic rings. The van der Waals surface area contributed by atoms with Gasteiger partial charge in [0.15, 0.2) is 0 Å². The standard InChI is InChI=1S/C24H20ClN5OS/c1-29-12-11-27-23(29)21(16-5-3-2-4-6-16)30-13-19(31)20(22(30)26)24-28-18(14-32-24)15-7-9-17(25)10-8-15/h2-12,14,21,26,31H,13H2,1H3. The minimum atomic E-state index is -0.306. The van der Waals surface area contributed by atoms with Gasteiger partial charge in [-0.1, -0.05) is 54.1 Å². The number of aliphatic hydroxyl groups excluding tert-OH is 1. The summed E-state index contributed by atoms with van der Waals surface area (Å²) in [7, 11) is 1.94. The highest BCUT2D eigenvalue weighted by Crippen LogP contribution is 2.38. The molecule has 0 bridgehead atoms. The van der Waals surface area contributed by atoms with Crippen LogP contribution in [0.5, 0.6) is 0 Å². The zero-order valence-electron chi connectivity index (χ0n) is 17.2. The number of nitrogens with one attached hydrogen (secondary N) is 1. The maximum atomic E-state index is 10.9. The van der Waals surface area contributed by atoms with Crippen molar-refractivity contribution < 1.29 is 5.11 Å². The van der Waals surface area contributed by atoms with Crippen molar-refractivity contribution in [3.8, 4) is 11.3 Å². The van der Waals surface area contributed by atoms with Crippen LogP contribution >= 0.6 is 22.9 Å². The molecule has 160 valence electrons. The van der Waals surface area contributed by atoms with E-state index in [0.717, 1.165) is 22.6 Å². The SMILES string of the molecule is Cn1ccnc1C(c1ccccc1)N1CC(O)=C(c2nc(-c3ccc(Cl)cc3)cs2)C1=N. The molecule has 1 unspecified atom stereocenters. The number of halogens is 1. The molecule has 8 heteroatoms. The van der Waals surface area contributed by atoms with Crippen molar-refractivity contribution in [3.05, 3.63) is 99.5 Å². The lowest BCUT2D eigenvalue weighted by Gasteiger charge is -2.29. The number of amidine groups is 1. The molecular formula is C24H20ClN5OS. The van der Waals surface area contributed by atoms with Crippen LogP contribution in [0.3, 0.4) is 0 Å². The molecule has 0 saturated carbocycles. The van der Waals surface area contributed by atoms with Crippen molar-refractivity contribution in [2.24, 2.45) is 7.05 Å². The molecule has 0 aliphatic carbocycles. The second-order valence-corrected chi connectivity index (χ2v) is 8.85. The van der Waals surface area contributed by atoms with Gasteiger partial charge in [0.25, 0.3) is 0 Å². The summed E-state index contributed by atoms with van der Waals surface area (Å²) in [6, 6.07) is 17.1. The van der Waals surface area contributed by atoms with E-state index in [1.54, 1.807) is 6.20 Å². The largest absolute Gasteiger partial charge is 0.510 e. The number of nitrogens with zero attached hydrogens (tertiary/aromatic N) is 4. The summed E-state index contributed by atoms with van der Waals surface area (Å²) in [4.78, 5) is 11.1. The lowest BCUT2D eigenvalue weighted by Crippen LogP contribution is -2.33. The van der Waals surface area contributed by atoms with E-state index in [1.165, 1.54) is 11.3 Å². The van der Waals surface area contributed by atoms with Gasteiger partial charge in [-0.2, -0.15) is 0 Å². The van der Waals surface area contributed by atoms with Crippen molar-refractivity contribution in [1.29, 1.82) is 5.41 Å². The number of hydrogen-bond acceptors (Lipinski definition) is 5. The monoisotopic (exact) mass is 461 g/mol. The Morgan fingerprint density at radius 2 is 1.88 bits per heavy atom. The van der Waals surface area contributed by atoms with Crippen molar-refractivity contribution in [1.82, 2.24) is 19.4 Å². The molecule has 0 amide bonds. The third-order valence-corrected chi connectivity index (χ3v) is 6.63. The number of aryl methyl sites for hydroxylation is 1. The first-order valence-electron chi connectivity index (χ1n) is 10.0. The van der Waals surface area contributed by atoms with Crippen LogP contribution in [0.2, 0.25) is 5.02 Å². The highest BCUT2D eigenvalue weighted by Gasteiger charge is 2.37. The van der Waals surface area contributed by atoms with Crippen molar-refractivity contribution in [2.45, 2.75) is 6.04 Å². The number of rotatable bonds is 5. The Kier molecular flexibility index (Phi) is 5.28. The molecule has 32 heavy (non-hydrogen) atoms. The predicted molar refractivity (Wildman–Crippen MR) is 128 cm³/mol. The molecule has 2 aromatic heterocycles. The quantitative estimate of drug-likeness (QED) is 0.408. The first-order valence-corrected chi connectivity index (χ1v) is 11.3. The van der Waals surface area contributed by atoms with Crippen LogP contribution in [0, 0.1) is 5.41 Å². The van der Waals surface area contributed by atoms with Gasteiger partial charge in [-0.25, -0.2) is 9.97 Å². The van der Waals surface area contributed by atoms with Gasteiger partial charge in [-0.05, 0) is 17.7 Å². The van der Waals surface area contributed by atoms with Crippen molar-refractivity contribution in [2.75, 3.05) is 6.54 Å². The van der Waals surface area contributed by atoms with Crippen LogP contribution in [-0.4, -0.2) is 36.9 Å². The Hall–Kier alpha value is -3.42. The van der Waals surface area contributed by atoms with Gasteiger partial charge >= 0.3 is 0 Å². The molecule has 0 saturated heterocycles. The average molecular weight is 462 g/mol. The van der Waals surface area contributed by atoms with E-state index < -0.39 is 0 Å². The van der Waals surface area contributed by atoms with E-state index in [2.05, 4.69) is 4.98 Å². The Morgan fingerprint density at radius 1 is 1.12 bits per heavy atom. The molecule has 1 atom stereocenters. The third kappa shape index (κ3) is 3.59. The van der Waals surface area contributed by atoms with Gasteiger partial charge in [0.05, 0.1) is 17.8 Å². The van der Waals surface area contributed by atoms with Crippen LogP contribution in [0.25, 0.3) is 16.8 Å². The van der Waals surface area contributed by atoms with E-state index >= 15 is 0 Å². The first kappa shape index (κ1) is 20.5. The van der Waals surface area contributed by atoms with Gasteiger partial charge in [-0.15, -0.1) is 11.3 Å². The first-order chi connectivity index (χ1) is 15.5. The number of aromatic nitrogens is 3. The molecule has 0 spiro atoms. The van der Waals surface area contributed by atoms with Gasteiger partial charge in [0.1, 0.15) is 28.5 Å². The van der Waals surface area contributed by atoms with Crippen LogP contribution in [-0.2, 0) is 7.05 Å². The molecular weight excluding hydrogens is 442 g/mol. The number of hydrogen-bond donors (Lipinski definition) is 2. The molecule has 2 aromatic carbocycles. The Morgan fingerprint density at radius 3 is 2.56 bits per heavy atom. The van der Waals surface area contributed by atoms with Crippen LogP contribution in [0.4, 0.5) is 0 Å². The fraction of sp³-hybridized carbons (Fsp3) is 0.125. The Balaban J connectivity index is 1.50. The smallest absolute Gasteiger partial charge is 0.135 e. The van der Waals surface area contributed by atoms with Gasteiger partial charge in [0, 0.05) is 35.4 Å². The number of imidazole rings is 1. The molecule has 4 aromatic rings. The summed E-state index contributed by atoms with van der Waals surface area (Å²) in [5.74, 6) is 1.18. The zero-order valence-corrected chi connectivity index (χ0v) is 18.8. The Bertz CT molecular complexity index is 1310. The second kappa shape index (κ2) is 8.26. The number of benzene rings is 2. The third-order valence-electron chi connectivity index (χ3n) is 5.52. The second-order valence-electron chi connectivity index (χ2n) is 7.55. The average Bonchev–Trinajstić information content (AvgIpc) is 3.50. The summed E-state index contributed by atoms with van der Waals surface area (Å²) in [6.45, 7) is 0.219. The van der Waals surface area contributed by atoms with Gasteiger partial charge in [0.2, 0.25) is 0 Å². The van der Waals surface area contributed by atoms with E-state index in [0.29, 0.717) is 15.6 Å². The van der Waals surface area contributed by atoms with Gasteiger partial charge < -0.3 is 14.6 Å². The molecule has 0 fully saturated rings. The maximum absolute atomic E-state index is 10.9. The highest BCUT2D eigenvalue weighted by molar-refractivity contribution is 7.11. The van der Waals surface area contributed by atoms with Crippen LogP contribution in [0.15, 0.2) is 78.1 Å². The molecule has 1 aliphatic heterocycles. The number of thiazole rings is 1. The summed E-state index contributed by atoms with van der Waals surface area (Å²) in [6.07, 6.45) is 3.64.